The Labute approximate surface area is 90.9 Å². The van der Waals surface area contributed by atoms with Gasteiger partial charge in [-0.3, -0.25) is 0 Å². The van der Waals surface area contributed by atoms with E-state index in [2.05, 4.69) is 25.7 Å². The molecule has 14 heavy (non-hydrogen) atoms. The van der Waals surface area contributed by atoms with Crippen molar-refractivity contribution in [3.63, 3.8) is 0 Å². The number of unbranched alkanes of at least 4 members (excludes halogenated alkanes) is 5. The van der Waals surface area contributed by atoms with Crippen LogP contribution < -0.4 is 0 Å². The van der Waals surface area contributed by atoms with E-state index in [1.807, 2.05) is 0 Å². The van der Waals surface area contributed by atoms with E-state index in [0.717, 1.165) is 0 Å². The molecule has 0 bridgehead atoms. The number of hydrogen-bond donors (Lipinski definition) is 0. The van der Waals surface area contributed by atoms with Crippen LogP contribution in [0.3, 0.4) is 0 Å². The third-order valence-corrected chi connectivity index (χ3v) is 2.85. The maximum Gasteiger partial charge on any atom is -0.00189 e. The van der Waals surface area contributed by atoms with Crippen molar-refractivity contribution >= 4 is 0 Å². The molecule has 0 amide bonds. The van der Waals surface area contributed by atoms with Crippen molar-refractivity contribution in [3.05, 3.63) is 0 Å². The molecule has 0 fully saturated rings. The summed E-state index contributed by atoms with van der Waals surface area (Å²) in [5, 5.41) is 0. The SMILES string of the molecule is CCCCCCCN(CC)CCCC. The lowest BCUT2D eigenvalue weighted by atomic mass is 10.1. The van der Waals surface area contributed by atoms with Crippen LogP contribution in [0.4, 0.5) is 0 Å². The van der Waals surface area contributed by atoms with E-state index in [4.69, 9.17) is 0 Å². The van der Waals surface area contributed by atoms with E-state index in [0.29, 0.717) is 0 Å². The average molecular weight is 199 g/mol. The zero-order valence-corrected chi connectivity index (χ0v) is 10.5. The van der Waals surface area contributed by atoms with E-state index >= 15 is 0 Å². The summed E-state index contributed by atoms with van der Waals surface area (Å²) in [7, 11) is 0. The Hall–Kier alpha value is -0.0400. The first-order valence-electron chi connectivity index (χ1n) is 6.57. The molecule has 0 heterocycles. The van der Waals surface area contributed by atoms with Crippen molar-refractivity contribution < 1.29 is 0 Å². The van der Waals surface area contributed by atoms with Gasteiger partial charge in [0.2, 0.25) is 0 Å². The van der Waals surface area contributed by atoms with Gasteiger partial charge in [-0.15, -0.1) is 0 Å². The molecular weight excluding hydrogens is 170 g/mol. The van der Waals surface area contributed by atoms with Crippen LogP contribution in [0.1, 0.15) is 65.7 Å². The van der Waals surface area contributed by atoms with Crippen LogP contribution in [0.2, 0.25) is 0 Å². The molecule has 0 radical (unpaired) electrons. The van der Waals surface area contributed by atoms with Gasteiger partial charge < -0.3 is 4.90 Å². The van der Waals surface area contributed by atoms with Gasteiger partial charge >= 0.3 is 0 Å². The van der Waals surface area contributed by atoms with Crippen molar-refractivity contribution in [1.29, 1.82) is 0 Å². The molecule has 86 valence electrons. The summed E-state index contributed by atoms with van der Waals surface area (Å²) in [5.41, 5.74) is 0. The molecule has 0 N–H and O–H groups in total. The first-order chi connectivity index (χ1) is 6.85. The topological polar surface area (TPSA) is 3.24 Å². The van der Waals surface area contributed by atoms with Crippen molar-refractivity contribution in [3.8, 4) is 0 Å². The minimum Gasteiger partial charge on any atom is -0.304 e. The molecule has 0 aromatic heterocycles. The molecule has 0 saturated heterocycles. The van der Waals surface area contributed by atoms with Gasteiger partial charge in [0.1, 0.15) is 0 Å². The quantitative estimate of drug-likeness (QED) is 0.479. The summed E-state index contributed by atoms with van der Waals surface area (Å²) in [6.07, 6.45) is 9.72. The Kier molecular flexibility index (Phi) is 11.0. The van der Waals surface area contributed by atoms with Gasteiger partial charge in [0, 0.05) is 0 Å². The molecular formula is C13H29N. The second-order valence-electron chi connectivity index (χ2n) is 4.20. The predicted molar refractivity (Wildman–Crippen MR) is 65.8 cm³/mol. The molecule has 1 nitrogen and oxygen atoms in total. The standard InChI is InChI=1S/C13H29N/c1-4-7-9-10-11-13-14(6-3)12-8-5-2/h4-13H2,1-3H3. The zero-order chi connectivity index (χ0) is 10.6. The van der Waals surface area contributed by atoms with Crippen LogP contribution in [-0.4, -0.2) is 24.5 Å². The summed E-state index contributed by atoms with van der Waals surface area (Å²) in [6, 6.07) is 0. The van der Waals surface area contributed by atoms with Crippen molar-refractivity contribution in [2.45, 2.75) is 65.7 Å². The van der Waals surface area contributed by atoms with E-state index in [1.54, 1.807) is 0 Å². The molecule has 1 heteroatoms. The molecule has 0 aromatic carbocycles. The van der Waals surface area contributed by atoms with Crippen molar-refractivity contribution in [2.24, 2.45) is 0 Å². The lowest BCUT2D eigenvalue weighted by molar-refractivity contribution is 0.276. The molecule has 0 unspecified atom stereocenters. The summed E-state index contributed by atoms with van der Waals surface area (Å²) in [5.74, 6) is 0. The lowest BCUT2D eigenvalue weighted by Gasteiger charge is -2.19. The van der Waals surface area contributed by atoms with E-state index in [-0.39, 0.29) is 0 Å². The third kappa shape index (κ3) is 8.55. The minimum absolute atomic E-state index is 1.23. The minimum atomic E-state index is 1.23. The van der Waals surface area contributed by atoms with E-state index in [1.165, 1.54) is 64.6 Å². The number of hydrogen-bond acceptors (Lipinski definition) is 1. The first kappa shape index (κ1) is 14.0. The van der Waals surface area contributed by atoms with Crippen LogP contribution >= 0.6 is 0 Å². The monoisotopic (exact) mass is 199 g/mol. The van der Waals surface area contributed by atoms with Crippen LogP contribution in [0.25, 0.3) is 0 Å². The van der Waals surface area contributed by atoms with Crippen LogP contribution in [0.5, 0.6) is 0 Å². The molecule has 0 spiro atoms. The Bertz CT molecular complexity index is 101. The summed E-state index contributed by atoms with van der Waals surface area (Å²) >= 11 is 0. The molecule has 0 aliphatic rings. The number of nitrogens with zero attached hydrogens (tertiary/aromatic N) is 1. The van der Waals surface area contributed by atoms with Crippen LogP contribution in [0.15, 0.2) is 0 Å². The molecule has 0 aliphatic carbocycles. The second kappa shape index (κ2) is 11.0. The fourth-order valence-electron chi connectivity index (χ4n) is 1.75. The third-order valence-electron chi connectivity index (χ3n) is 2.85. The van der Waals surface area contributed by atoms with Gasteiger partial charge in [-0.25, -0.2) is 0 Å². The van der Waals surface area contributed by atoms with Gasteiger partial charge in [-0.1, -0.05) is 52.9 Å². The summed E-state index contributed by atoms with van der Waals surface area (Å²) in [6.45, 7) is 10.7. The largest absolute Gasteiger partial charge is 0.304 e. The lowest BCUT2D eigenvalue weighted by Crippen LogP contribution is -2.25. The van der Waals surface area contributed by atoms with Gasteiger partial charge in [-0.2, -0.15) is 0 Å². The first-order valence-corrected chi connectivity index (χ1v) is 6.57. The summed E-state index contributed by atoms with van der Waals surface area (Å²) in [4.78, 5) is 2.59. The smallest absolute Gasteiger partial charge is 0.00189 e. The van der Waals surface area contributed by atoms with Crippen molar-refractivity contribution in [1.82, 2.24) is 4.90 Å². The van der Waals surface area contributed by atoms with Crippen molar-refractivity contribution in [2.75, 3.05) is 19.6 Å². The Morgan fingerprint density at radius 3 is 1.79 bits per heavy atom. The highest BCUT2D eigenvalue weighted by Gasteiger charge is 2.00. The number of rotatable bonds is 10. The Morgan fingerprint density at radius 1 is 0.643 bits per heavy atom. The van der Waals surface area contributed by atoms with E-state index < -0.39 is 0 Å². The maximum absolute atomic E-state index is 2.59. The van der Waals surface area contributed by atoms with Crippen LogP contribution in [0, 0.1) is 0 Å². The molecule has 0 saturated carbocycles. The van der Waals surface area contributed by atoms with Crippen LogP contribution in [-0.2, 0) is 0 Å². The molecule has 0 aliphatic heterocycles. The van der Waals surface area contributed by atoms with Gasteiger partial charge in [0.05, 0.1) is 0 Å². The van der Waals surface area contributed by atoms with Gasteiger partial charge in [0.15, 0.2) is 0 Å². The Morgan fingerprint density at radius 2 is 1.21 bits per heavy atom. The average Bonchev–Trinajstić information content (AvgIpc) is 2.22. The highest BCUT2D eigenvalue weighted by Crippen LogP contribution is 2.04. The van der Waals surface area contributed by atoms with Gasteiger partial charge in [0.25, 0.3) is 0 Å². The van der Waals surface area contributed by atoms with E-state index in [9.17, 15) is 0 Å². The molecule has 0 atom stereocenters. The fourth-order valence-corrected chi connectivity index (χ4v) is 1.75. The predicted octanol–water partition coefficient (Wildman–Crippen LogP) is 4.08. The highest BCUT2D eigenvalue weighted by atomic mass is 15.1. The second-order valence-corrected chi connectivity index (χ2v) is 4.20. The maximum atomic E-state index is 2.59. The summed E-state index contributed by atoms with van der Waals surface area (Å²) < 4.78 is 0. The molecule has 0 rings (SSSR count). The Balaban J connectivity index is 3.24. The molecule has 0 aromatic rings. The highest BCUT2D eigenvalue weighted by molar-refractivity contribution is 4.55. The fraction of sp³-hybridized carbons (Fsp3) is 1.00. The normalized spacial score (nSPS) is 11.1. The van der Waals surface area contributed by atoms with Gasteiger partial charge in [-0.05, 0) is 32.5 Å². The zero-order valence-electron chi connectivity index (χ0n) is 10.5.